The number of pyridine rings is 6. The van der Waals surface area contributed by atoms with Gasteiger partial charge in [-0.2, -0.15) is 0 Å². The largest absolute Gasteiger partial charge is 0.265 e. The van der Waals surface area contributed by atoms with Crippen LogP contribution in [-0.4, -0.2) is 29.9 Å². The number of aromatic nitrogens is 6. The maximum absolute atomic E-state index is 4.43. The van der Waals surface area contributed by atoms with Crippen molar-refractivity contribution in [2.45, 2.75) is 41.5 Å². The SMILES string of the molecule is Cc1ccc(-c2ccccn2)c2ccccc12.Cc1ccc(-c2cccnc2)c2ccccc12.Cc1ccc(-c2ccncc2)c2ccccc12.Cc1ccc2cc(-c3ccccn3)ccc2c1.Cc1ccc2cc(-c3cccnc3)ccc2c1.Cc1ccc2cc(-c3ccncc3)ccc2c1. The molecular weight excluding hydrogens is 1240 g/mol. The van der Waals surface area contributed by atoms with E-state index < -0.39 is 0 Å². The van der Waals surface area contributed by atoms with E-state index in [9.17, 15) is 0 Å². The molecule has 0 N–H and O–H groups in total. The molecule has 0 saturated heterocycles. The molecule has 0 spiro atoms. The minimum absolute atomic E-state index is 1.02. The van der Waals surface area contributed by atoms with Gasteiger partial charge in [-0.15, -0.1) is 0 Å². The second-order valence-corrected chi connectivity index (χ2v) is 25.5. The Bertz CT molecular complexity index is 5240. The number of fused-ring (bicyclic) bond motifs is 6. The van der Waals surface area contributed by atoms with Crippen molar-refractivity contribution in [1.29, 1.82) is 0 Å². The molecule has 0 amide bonds. The fourth-order valence-corrected chi connectivity index (χ4v) is 12.9. The summed E-state index contributed by atoms with van der Waals surface area (Å²) in [6, 6.07) is 106. The topological polar surface area (TPSA) is 77.3 Å². The summed E-state index contributed by atoms with van der Waals surface area (Å²) >= 11 is 0. The molecule has 6 aromatic heterocycles. The molecule has 0 saturated carbocycles. The summed E-state index contributed by atoms with van der Waals surface area (Å²) in [4.78, 5) is 25.3. The quantitative estimate of drug-likeness (QED) is 0.165. The van der Waals surface area contributed by atoms with Crippen molar-refractivity contribution in [2.24, 2.45) is 0 Å². The summed E-state index contributed by atoms with van der Waals surface area (Å²) in [5, 5.41) is 15.5. The van der Waals surface area contributed by atoms with Crippen LogP contribution in [0.25, 0.3) is 132 Å². The normalized spacial score (nSPS) is 10.6. The zero-order chi connectivity index (χ0) is 70.0. The van der Waals surface area contributed by atoms with Gasteiger partial charge in [0.05, 0.1) is 11.4 Å². The first-order valence-electron chi connectivity index (χ1n) is 34.5. The zero-order valence-corrected chi connectivity index (χ0v) is 58.3. The summed E-state index contributed by atoms with van der Waals surface area (Å²) < 4.78 is 0. The molecule has 0 fully saturated rings. The number of nitrogens with zero attached hydrogens (tertiary/aromatic N) is 6. The fourth-order valence-electron chi connectivity index (χ4n) is 12.9. The van der Waals surface area contributed by atoms with E-state index in [4.69, 9.17) is 0 Å². The van der Waals surface area contributed by atoms with Gasteiger partial charge in [0.2, 0.25) is 0 Å². The molecule has 6 heteroatoms. The van der Waals surface area contributed by atoms with E-state index >= 15 is 0 Å². The van der Waals surface area contributed by atoms with Crippen LogP contribution in [0, 0.1) is 41.5 Å². The molecule has 0 aliphatic carbocycles. The van der Waals surface area contributed by atoms with E-state index in [0.717, 1.165) is 17.0 Å². The predicted octanol–water partition coefficient (Wildman–Crippen LogP) is 25.3. The van der Waals surface area contributed by atoms with Gasteiger partial charge in [-0.05, 0) is 235 Å². The van der Waals surface area contributed by atoms with E-state index in [1.165, 1.54) is 148 Å². The molecule has 6 heterocycles. The van der Waals surface area contributed by atoms with Crippen LogP contribution in [0.4, 0.5) is 0 Å². The lowest BCUT2D eigenvalue weighted by molar-refractivity contribution is 1.33. The molecule has 492 valence electrons. The molecule has 0 bridgehead atoms. The first-order valence-corrected chi connectivity index (χ1v) is 34.5. The highest BCUT2D eigenvalue weighted by Crippen LogP contribution is 2.34. The van der Waals surface area contributed by atoms with Gasteiger partial charge < -0.3 is 0 Å². The molecular formula is C96H78N6. The Hall–Kier alpha value is -12.9. The van der Waals surface area contributed by atoms with Crippen molar-refractivity contribution in [2.75, 3.05) is 0 Å². The first-order chi connectivity index (χ1) is 50.1. The summed E-state index contributed by atoms with van der Waals surface area (Å²) in [6.07, 6.45) is 18.4. The fraction of sp³-hybridized carbons (Fsp3) is 0.0625. The standard InChI is InChI=1S/6C16H13N/c1-12-2-3-16-11-15(5-4-14(16)10-12)13-6-8-17-9-7-13;1-12-4-5-14-10-15(7-6-13(14)9-12)16-3-2-8-17-11-16;1-12-8-9-15(13-5-4-10-17-11-13)16-7-3-2-6-14(12)16;1-12-9-10-15(16-8-4-5-11-17-16)14-7-3-2-6-13(12)14;1-12-5-6-14-11-15(8-7-13(14)10-12)16-4-2-3-9-17-16;1-12-6-7-15(13-8-10-17-11-9-13)16-5-3-2-4-14(12)16/h6*2-11H,1H3. The average molecular weight is 1320 g/mol. The highest BCUT2D eigenvalue weighted by molar-refractivity contribution is 6.00. The smallest absolute Gasteiger partial charge is 0.0708 e. The van der Waals surface area contributed by atoms with Gasteiger partial charge in [0, 0.05) is 84.2 Å². The molecule has 0 aliphatic rings. The Morgan fingerprint density at radius 2 is 0.539 bits per heavy atom. The van der Waals surface area contributed by atoms with E-state index in [1.54, 1.807) is 12.4 Å². The third-order valence-electron chi connectivity index (χ3n) is 18.3. The minimum Gasteiger partial charge on any atom is -0.265 e. The Kier molecular flexibility index (Phi) is 21.7. The minimum atomic E-state index is 1.02. The lowest BCUT2D eigenvalue weighted by Gasteiger charge is -2.08. The Balaban J connectivity index is 0.000000109. The van der Waals surface area contributed by atoms with Crippen molar-refractivity contribution in [1.82, 2.24) is 29.9 Å². The Morgan fingerprint density at radius 3 is 0.980 bits per heavy atom. The van der Waals surface area contributed by atoms with Gasteiger partial charge in [-0.25, -0.2) is 0 Å². The molecule has 0 radical (unpaired) electrons. The maximum atomic E-state index is 4.43. The van der Waals surface area contributed by atoms with Crippen molar-refractivity contribution in [3.63, 3.8) is 0 Å². The summed E-state index contributed by atoms with van der Waals surface area (Å²) in [5.74, 6) is 0. The molecule has 12 aromatic carbocycles. The van der Waals surface area contributed by atoms with Crippen LogP contribution in [0.1, 0.15) is 33.4 Å². The summed E-state index contributed by atoms with van der Waals surface area (Å²) in [5.41, 5.74) is 22.0. The lowest BCUT2D eigenvalue weighted by Crippen LogP contribution is -1.86. The number of aryl methyl sites for hydroxylation is 6. The molecule has 0 unspecified atom stereocenters. The van der Waals surface area contributed by atoms with Crippen LogP contribution >= 0.6 is 0 Å². The van der Waals surface area contributed by atoms with Gasteiger partial charge in [-0.1, -0.05) is 241 Å². The molecule has 102 heavy (non-hydrogen) atoms. The van der Waals surface area contributed by atoms with E-state index in [1.807, 2.05) is 104 Å². The van der Waals surface area contributed by atoms with Gasteiger partial charge >= 0.3 is 0 Å². The highest BCUT2D eigenvalue weighted by atomic mass is 14.7. The maximum Gasteiger partial charge on any atom is 0.0708 e. The van der Waals surface area contributed by atoms with E-state index in [-0.39, 0.29) is 0 Å². The van der Waals surface area contributed by atoms with Crippen LogP contribution in [-0.2, 0) is 0 Å². The monoisotopic (exact) mass is 1310 g/mol. The Labute approximate surface area is 598 Å². The molecule has 18 rings (SSSR count). The van der Waals surface area contributed by atoms with E-state index in [2.05, 4.69) is 320 Å². The molecule has 18 aromatic rings. The Morgan fingerprint density at radius 1 is 0.186 bits per heavy atom. The van der Waals surface area contributed by atoms with Crippen molar-refractivity contribution < 1.29 is 0 Å². The number of hydrogen-bond donors (Lipinski definition) is 0. The van der Waals surface area contributed by atoms with Crippen LogP contribution < -0.4 is 0 Å². The average Bonchev–Trinajstić information content (AvgIpc) is 1.09. The molecule has 0 atom stereocenters. The van der Waals surface area contributed by atoms with Crippen molar-refractivity contribution in [3.05, 3.63) is 399 Å². The summed E-state index contributed by atoms with van der Waals surface area (Å²) in [6.45, 7) is 12.8. The second kappa shape index (κ2) is 32.6. The highest BCUT2D eigenvalue weighted by Gasteiger charge is 2.10. The predicted molar refractivity (Wildman–Crippen MR) is 431 cm³/mol. The van der Waals surface area contributed by atoms with Crippen molar-refractivity contribution in [3.8, 4) is 67.0 Å². The summed E-state index contributed by atoms with van der Waals surface area (Å²) in [7, 11) is 0. The first kappa shape index (κ1) is 67.7. The van der Waals surface area contributed by atoms with Crippen molar-refractivity contribution >= 4 is 64.6 Å². The van der Waals surface area contributed by atoms with E-state index in [0.29, 0.717) is 0 Å². The third-order valence-corrected chi connectivity index (χ3v) is 18.3. The van der Waals surface area contributed by atoms with Gasteiger partial charge in [-0.3, -0.25) is 29.9 Å². The van der Waals surface area contributed by atoms with Crippen LogP contribution in [0.3, 0.4) is 0 Å². The van der Waals surface area contributed by atoms with Crippen LogP contribution in [0.5, 0.6) is 0 Å². The third kappa shape index (κ3) is 16.6. The van der Waals surface area contributed by atoms with Crippen LogP contribution in [0.15, 0.2) is 365 Å². The zero-order valence-electron chi connectivity index (χ0n) is 58.3. The van der Waals surface area contributed by atoms with Gasteiger partial charge in [0.1, 0.15) is 0 Å². The van der Waals surface area contributed by atoms with Gasteiger partial charge in [0.25, 0.3) is 0 Å². The molecule has 6 nitrogen and oxygen atoms in total. The number of rotatable bonds is 6. The van der Waals surface area contributed by atoms with Gasteiger partial charge in [0.15, 0.2) is 0 Å². The number of benzene rings is 12. The second-order valence-electron chi connectivity index (χ2n) is 25.5. The van der Waals surface area contributed by atoms with Crippen LogP contribution in [0.2, 0.25) is 0 Å². The number of hydrogen-bond acceptors (Lipinski definition) is 6. The lowest BCUT2D eigenvalue weighted by atomic mass is 9.96. The molecule has 0 aliphatic heterocycles.